The van der Waals surface area contributed by atoms with Gasteiger partial charge in [-0.25, -0.2) is 14.0 Å². The monoisotopic (exact) mass is 352 g/mol. The number of nitrogens with zero attached hydrogens (tertiary/aromatic N) is 1. The van der Waals surface area contributed by atoms with Crippen molar-refractivity contribution in [3.8, 4) is 0 Å². The van der Waals surface area contributed by atoms with Gasteiger partial charge in [-0.05, 0) is 18.2 Å². The van der Waals surface area contributed by atoms with Crippen LogP contribution in [-0.4, -0.2) is 52.5 Å². The fourth-order valence-electron chi connectivity index (χ4n) is 2.39. The molecule has 0 saturated heterocycles. The van der Waals surface area contributed by atoms with Crippen LogP contribution in [0.25, 0.3) is 0 Å². The van der Waals surface area contributed by atoms with Crippen LogP contribution < -0.4 is 10.2 Å². The largest absolute Gasteiger partial charge is 0.466 e. The van der Waals surface area contributed by atoms with Crippen molar-refractivity contribution in [3.63, 3.8) is 0 Å². The smallest absolute Gasteiger partial charge is 0.355 e. The number of nitrogens with one attached hydrogen (secondary N) is 1. The maximum absolute atomic E-state index is 13.6. The molecular formula is C16H17FN2O6. The molecule has 1 amide bonds. The van der Waals surface area contributed by atoms with E-state index < -0.39 is 23.7 Å². The molecule has 0 fully saturated rings. The molecule has 0 unspecified atom stereocenters. The van der Waals surface area contributed by atoms with Crippen molar-refractivity contribution in [1.82, 2.24) is 5.32 Å². The first-order chi connectivity index (χ1) is 11.9. The zero-order valence-corrected chi connectivity index (χ0v) is 13.9. The van der Waals surface area contributed by atoms with Crippen LogP contribution in [0.15, 0.2) is 29.5 Å². The second kappa shape index (κ2) is 7.75. The van der Waals surface area contributed by atoms with Crippen molar-refractivity contribution in [1.29, 1.82) is 0 Å². The second-order valence-corrected chi connectivity index (χ2v) is 4.96. The molecule has 0 atom stereocenters. The van der Waals surface area contributed by atoms with Crippen LogP contribution in [0.5, 0.6) is 0 Å². The molecule has 1 aromatic rings. The number of esters is 2. The summed E-state index contributed by atoms with van der Waals surface area (Å²) in [7, 11) is 3.71. The number of carbonyl (C=O) groups is 3. The zero-order valence-electron chi connectivity index (χ0n) is 13.9. The summed E-state index contributed by atoms with van der Waals surface area (Å²) in [5.74, 6) is -2.77. The van der Waals surface area contributed by atoms with Gasteiger partial charge < -0.3 is 24.4 Å². The predicted octanol–water partition coefficient (Wildman–Crippen LogP) is 0.579. The number of methoxy groups -OCH3 is 2. The molecule has 1 aliphatic rings. The van der Waals surface area contributed by atoms with E-state index in [2.05, 4.69) is 10.1 Å². The van der Waals surface area contributed by atoms with Gasteiger partial charge in [-0.15, -0.1) is 0 Å². The number of benzene rings is 1. The number of hydrogen-bond acceptors (Lipinski definition) is 7. The van der Waals surface area contributed by atoms with Crippen molar-refractivity contribution in [2.45, 2.75) is 0 Å². The molecule has 0 bridgehead atoms. The average Bonchev–Trinajstić information content (AvgIpc) is 2.65. The Bertz CT molecular complexity index is 746. The van der Waals surface area contributed by atoms with Crippen LogP contribution in [0.4, 0.5) is 10.1 Å². The van der Waals surface area contributed by atoms with Crippen LogP contribution in [0.3, 0.4) is 0 Å². The van der Waals surface area contributed by atoms with Gasteiger partial charge in [0.2, 0.25) is 0 Å². The molecule has 134 valence electrons. The molecular weight excluding hydrogens is 335 g/mol. The third-order valence-corrected chi connectivity index (χ3v) is 3.55. The molecule has 1 aromatic carbocycles. The van der Waals surface area contributed by atoms with E-state index >= 15 is 0 Å². The van der Waals surface area contributed by atoms with Crippen LogP contribution in [0, 0.1) is 5.82 Å². The highest BCUT2D eigenvalue weighted by Gasteiger charge is 2.34. The second-order valence-electron chi connectivity index (χ2n) is 4.96. The van der Waals surface area contributed by atoms with Gasteiger partial charge in [0.25, 0.3) is 5.91 Å². The summed E-state index contributed by atoms with van der Waals surface area (Å²) < 4.78 is 28.3. The Morgan fingerprint density at radius 1 is 1.20 bits per heavy atom. The fraction of sp³-hybridized carbons (Fsp3) is 0.312. The Balaban J connectivity index is 2.66. The van der Waals surface area contributed by atoms with Gasteiger partial charge in [-0.2, -0.15) is 0 Å². The molecule has 0 aliphatic carbocycles. The molecule has 2 rings (SSSR count). The molecule has 0 spiro atoms. The Hall–Kier alpha value is -2.94. The van der Waals surface area contributed by atoms with E-state index in [0.717, 1.165) is 26.4 Å². The molecule has 1 aliphatic heterocycles. The van der Waals surface area contributed by atoms with Gasteiger partial charge >= 0.3 is 11.9 Å². The molecule has 0 radical (unpaired) electrons. The van der Waals surface area contributed by atoms with Crippen LogP contribution >= 0.6 is 0 Å². The number of anilines is 1. The Labute approximate surface area is 143 Å². The Morgan fingerprint density at radius 2 is 1.88 bits per heavy atom. The summed E-state index contributed by atoms with van der Waals surface area (Å²) in [4.78, 5) is 37.6. The topological polar surface area (TPSA) is 94.2 Å². The first kappa shape index (κ1) is 18.4. The van der Waals surface area contributed by atoms with Crippen molar-refractivity contribution in [2.75, 3.05) is 39.5 Å². The first-order valence-electron chi connectivity index (χ1n) is 7.21. The Kier molecular flexibility index (Phi) is 5.71. The van der Waals surface area contributed by atoms with E-state index in [1.807, 2.05) is 0 Å². The highest BCUT2D eigenvalue weighted by molar-refractivity contribution is 6.06. The van der Waals surface area contributed by atoms with Crippen molar-refractivity contribution in [2.24, 2.45) is 0 Å². The summed E-state index contributed by atoms with van der Waals surface area (Å²) in [6, 6.07) is 3.46. The summed E-state index contributed by atoms with van der Waals surface area (Å²) in [6.45, 7) is -0.301. The minimum Gasteiger partial charge on any atom is -0.466 e. The zero-order chi connectivity index (χ0) is 18.6. The number of ether oxygens (including phenoxy) is 3. The lowest BCUT2D eigenvalue weighted by atomic mass is 10.1. The van der Waals surface area contributed by atoms with Gasteiger partial charge in [0.1, 0.15) is 18.2 Å². The maximum Gasteiger partial charge on any atom is 0.355 e. The molecule has 1 N–H and O–H groups in total. The molecule has 0 saturated carbocycles. The minimum absolute atomic E-state index is 0.0291. The van der Waals surface area contributed by atoms with Gasteiger partial charge in [0.15, 0.2) is 0 Å². The lowest BCUT2D eigenvalue weighted by Gasteiger charge is -2.32. The van der Waals surface area contributed by atoms with E-state index in [9.17, 15) is 18.8 Å². The Morgan fingerprint density at radius 3 is 2.48 bits per heavy atom. The van der Waals surface area contributed by atoms with Gasteiger partial charge in [0, 0.05) is 7.05 Å². The molecule has 9 heteroatoms. The van der Waals surface area contributed by atoms with Gasteiger partial charge in [0.05, 0.1) is 37.7 Å². The summed E-state index contributed by atoms with van der Waals surface area (Å²) in [5, 5.41) is 2.39. The normalized spacial score (nSPS) is 14.2. The highest BCUT2D eigenvalue weighted by Crippen LogP contribution is 2.30. The SMILES string of the molecule is CNC(=O)c1cc(F)ccc1N1COCC(C(=O)OC)=C1C(=O)OC. The summed E-state index contributed by atoms with van der Waals surface area (Å²) >= 11 is 0. The van der Waals surface area contributed by atoms with Crippen molar-refractivity contribution < 1.29 is 33.0 Å². The van der Waals surface area contributed by atoms with Gasteiger partial charge in [-0.3, -0.25) is 4.79 Å². The standard InChI is InChI=1S/C16H17FN2O6/c1-18-14(20)10-6-9(17)4-5-12(10)19-8-25-7-11(15(21)23-2)13(19)16(22)24-3/h4-6H,7-8H2,1-3H3,(H,18,20). The molecule has 25 heavy (non-hydrogen) atoms. The third-order valence-electron chi connectivity index (χ3n) is 3.55. The summed E-state index contributed by atoms with van der Waals surface area (Å²) in [6.07, 6.45) is 0. The van der Waals surface area contributed by atoms with Crippen LogP contribution in [0.1, 0.15) is 10.4 Å². The lowest BCUT2D eigenvalue weighted by molar-refractivity contribution is -0.140. The predicted molar refractivity (Wildman–Crippen MR) is 84.1 cm³/mol. The highest BCUT2D eigenvalue weighted by atomic mass is 19.1. The number of hydrogen-bond donors (Lipinski definition) is 1. The lowest BCUT2D eigenvalue weighted by Crippen LogP contribution is -2.39. The fourth-order valence-corrected chi connectivity index (χ4v) is 2.39. The summed E-state index contributed by atoms with van der Waals surface area (Å²) in [5.41, 5.74) is -0.0361. The average molecular weight is 352 g/mol. The molecule has 0 aromatic heterocycles. The van der Waals surface area contributed by atoms with E-state index in [1.165, 1.54) is 18.0 Å². The maximum atomic E-state index is 13.6. The number of carbonyl (C=O) groups excluding carboxylic acids is 3. The van der Waals surface area contributed by atoms with Gasteiger partial charge in [-0.1, -0.05) is 0 Å². The third kappa shape index (κ3) is 3.61. The number of halogens is 1. The van der Waals surface area contributed by atoms with Crippen LogP contribution in [0.2, 0.25) is 0 Å². The first-order valence-corrected chi connectivity index (χ1v) is 7.21. The molecule has 8 nitrogen and oxygen atoms in total. The van der Waals surface area contributed by atoms with E-state index in [0.29, 0.717) is 0 Å². The van der Waals surface area contributed by atoms with Crippen molar-refractivity contribution >= 4 is 23.5 Å². The quantitative estimate of drug-likeness (QED) is 0.792. The van der Waals surface area contributed by atoms with Crippen molar-refractivity contribution in [3.05, 3.63) is 40.8 Å². The van der Waals surface area contributed by atoms with E-state index in [-0.39, 0.29) is 35.9 Å². The number of rotatable bonds is 4. The van der Waals surface area contributed by atoms with Crippen LogP contribution in [-0.2, 0) is 23.8 Å². The number of amides is 1. The van der Waals surface area contributed by atoms with E-state index in [1.54, 1.807) is 0 Å². The van der Waals surface area contributed by atoms with E-state index in [4.69, 9.17) is 9.47 Å². The molecule has 1 heterocycles. The minimum atomic E-state index is -0.809.